The fraction of sp³-hybridized carbons (Fsp3) is 0.526. The molecule has 1 aliphatic carbocycles. The average Bonchev–Trinajstić information content (AvgIpc) is 2.93. The molecule has 5 heteroatoms. The van der Waals surface area contributed by atoms with E-state index in [1.165, 1.54) is 37.6 Å². The zero-order valence-electron chi connectivity index (χ0n) is 14.9. The monoisotopic (exact) mass is 357 g/mol. The molecule has 1 atom stereocenters. The number of thioether (sulfide) groups is 1. The Hall–Kier alpha value is -1.04. The Bertz CT molecular complexity index is 769. The number of hydrogen-bond acceptors (Lipinski definition) is 3. The maximum absolute atomic E-state index is 4.93. The summed E-state index contributed by atoms with van der Waals surface area (Å²) in [4.78, 5) is 4.93. The van der Waals surface area contributed by atoms with Gasteiger partial charge in [0.2, 0.25) is 0 Å². The molecule has 1 unspecified atom stereocenters. The third-order valence-corrected chi connectivity index (χ3v) is 9.72. The van der Waals surface area contributed by atoms with Crippen molar-refractivity contribution >= 4 is 30.9 Å². The first-order chi connectivity index (χ1) is 11.5. The largest absolute Gasteiger partial charge is 0.299 e. The highest BCUT2D eigenvalue weighted by Gasteiger charge is 2.31. The Morgan fingerprint density at radius 3 is 2.62 bits per heavy atom. The second-order valence-corrected chi connectivity index (χ2v) is 14.5. The summed E-state index contributed by atoms with van der Waals surface area (Å²) in [7, 11) is -1.35. The molecule has 0 saturated heterocycles. The Labute approximate surface area is 149 Å². The van der Waals surface area contributed by atoms with Crippen LogP contribution in [0.3, 0.4) is 0 Å². The highest BCUT2D eigenvalue weighted by Crippen LogP contribution is 2.41. The molecule has 0 radical (unpaired) electrons. The van der Waals surface area contributed by atoms with Gasteiger partial charge in [0.15, 0.2) is 5.16 Å². The van der Waals surface area contributed by atoms with Gasteiger partial charge in [-0.15, -0.1) is 0 Å². The van der Waals surface area contributed by atoms with Gasteiger partial charge in [-0.05, 0) is 35.6 Å². The zero-order chi connectivity index (χ0) is 16.7. The fourth-order valence-corrected chi connectivity index (χ4v) is 6.75. The number of para-hydroxylation sites is 2. The number of hydrogen-bond donors (Lipinski definition) is 1. The molecule has 3 nitrogen and oxygen atoms in total. The van der Waals surface area contributed by atoms with Gasteiger partial charge in [-0.25, -0.2) is 4.98 Å². The lowest BCUT2D eigenvalue weighted by Gasteiger charge is -2.33. The van der Waals surface area contributed by atoms with Crippen molar-refractivity contribution in [1.29, 1.82) is 0 Å². The van der Waals surface area contributed by atoms with Gasteiger partial charge in [0, 0.05) is 6.04 Å². The fourth-order valence-electron chi connectivity index (χ4n) is 3.75. The van der Waals surface area contributed by atoms with Crippen molar-refractivity contribution in [2.75, 3.05) is 0 Å². The molecule has 0 amide bonds. The van der Waals surface area contributed by atoms with Crippen LogP contribution in [0.4, 0.5) is 0 Å². The van der Waals surface area contributed by atoms with E-state index in [0.717, 1.165) is 10.7 Å². The predicted molar refractivity (Wildman–Crippen MR) is 106 cm³/mol. The molecule has 1 aliphatic heterocycles. The zero-order valence-corrected chi connectivity index (χ0v) is 16.7. The predicted octanol–water partition coefficient (Wildman–Crippen LogP) is 5.32. The van der Waals surface area contributed by atoms with Gasteiger partial charge < -0.3 is 0 Å². The molecule has 1 fully saturated rings. The summed E-state index contributed by atoms with van der Waals surface area (Å²) in [5, 5.41) is 5.11. The molecule has 2 heterocycles. The van der Waals surface area contributed by atoms with E-state index in [9.17, 15) is 0 Å². The van der Waals surface area contributed by atoms with Crippen molar-refractivity contribution in [2.45, 2.75) is 69.1 Å². The molecular weight excluding hydrogens is 330 g/mol. The minimum atomic E-state index is -1.35. The Morgan fingerprint density at radius 2 is 1.88 bits per heavy atom. The second kappa shape index (κ2) is 6.35. The Balaban J connectivity index is 1.75. The summed E-state index contributed by atoms with van der Waals surface area (Å²) in [6, 6.07) is 9.18. The summed E-state index contributed by atoms with van der Waals surface area (Å²) in [6.07, 6.45) is 9.48. The standard InChI is InChI=1S/C19H27N3SSi/c1-24(2,3)18-13-17(20-14-9-5-4-6-10-14)22-16-12-8-7-11-15(16)21-19(22)23-18/h7-8,11-14,17,20H,4-6,9-10H2,1-3H3. The molecule has 1 saturated carbocycles. The maximum Gasteiger partial charge on any atom is 0.174 e. The van der Waals surface area contributed by atoms with E-state index in [0.29, 0.717) is 6.04 Å². The Morgan fingerprint density at radius 1 is 1.12 bits per heavy atom. The van der Waals surface area contributed by atoms with E-state index < -0.39 is 8.07 Å². The summed E-state index contributed by atoms with van der Waals surface area (Å²) >= 11 is 1.89. The van der Waals surface area contributed by atoms with Crippen molar-refractivity contribution < 1.29 is 0 Å². The lowest BCUT2D eigenvalue weighted by atomic mass is 9.95. The lowest BCUT2D eigenvalue weighted by molar-refractivity contribution is 0.318. The number of rotatable bonds is 3. The van der Waals surface area contributed by atoms with Crippen molar-refractivity contribution in [3.63, 3.8) is 0 Å². The van der Waals surface area contributed by atoms with Gasteiger partial charge in [-0.1, -0.05) is 62.8 Å². The number of fused-ring (bicyclic) bond motifs is 3. The van der Waals surface area contributed by atoms with E-state index in [4.69, 9.17) is 4.98 Å². The number of nitrogens with one attached hydrogen (secondary N) is 1. The van der Waals surface area contributed by atoms with Crippen LogP contribution in [-0.4, -0.2) is 23.7 Å². The molecule has 0 spiro atoms. The molecule has 128 valence electrons. The first-order valence-corrected chi connectivity index (χ1v) is 13.5. The molecule has 2 aliphatic rings. The number of imidazole rings is 1. The number of nitrogens with zero attached hydrogens (tertiary/aromatic N) is 2. The molecule has 4 rings (SSSR count). The Kier molecular flexibility index (Phi) is 4.35. The van der Waals surface area contributed by atoms with Crippen LogP contribution < -0.4 is 5.32 Å². The summed E-state index contributed by atoms with van der Waals surface area (Å²) in [5.74, 6) is 0. The van der Waals surface area contributed by atoms with Crippen LogP contribution in [0.2, 0.25) is 19.6 Å². The van der Waals surface area contributed by atoms with Gasteiger partial charge in [-0.3, -0.25) is 9.88 Å². The van der Waals surface area contributed by atoms with Crippen molar-refractivity contribution in [1.82, 2.24) is 14.9 Å². The topological polar surface area (TPSA) is 29.9 Å². The first kappa shape index (κ1) is 16.4. The summed E-state index contributed by atoms with van der Waals surface area (Å²) < 4.78 is 3.97. The molecular formula is C19H27N3SSi. The van der Waals surface area contributed by atoms with Gasteiger partial charge in [0.25, 0.3) is 0 Å². The van der Waals surface area contributed by atoms with Crippen LogP contribution in [0.25, 0.3) is 11.0 Å². The third-order valence-electron chi connectivity index (χ3n) is 5.10. The molecule has 24 heavy (non-hydrogen) atoms. The molecule has 0 bridgehead atoms. The minimum absolute atomic E-state index is 0.249. The molecule has 2 aromatic rings. The average molecular weight is 358 g/mol. The number of benzene rings is 1. The summed E-state index contributed by atoms with van der Waals surface area (Å²) in [5.41, 5.74) is 2.36. The van der Waals surface area contributed by atoms with Gasteiger partial charge in [0.1, 0.15) is 6.17 Å². The summed E-state index contributed by atoms with van der Waals surface area (Å²) in [6.45, 7) is 7.30. The van der Waals surface area contributed by atoms with Crippen LogP contribution >= 0.6 is 11.8 Å². The molecule has 1 aromatic carbocycles. The SMILES string of the molecule is C[Si](C)(C)C1=CC(NC2CCCCC2)n2c(nc3ccccc32)S1. The van der Waals surface area contributed by atoms with E-state index in [1.54, 1.807) is 4.53 Å². The van der Waals surface area contributed by atoms with Crippen molar-refractivity contribution in [2.24, 2.45) is 0 Å². The highest BCUT2D eigenvalue weighted by molar-refractivity contribution is 8.05. The van der Waals surface area contributed by atoms with Crippen LogP contribution in [0.15, 0.2) is 40.0 Å². The van der Waals surface area contributed by atoms with Crippen molar-refractivity contribution in [3.05, 3.63) is 34.9 Å². The molecule has 1 N–H and O–H groups in total. The van der Waals surface area contributed by atoms with Gasteiger partial charge in [-0.2, -0.15) is 0 Å². The van der Waals surface area contributed by atoms with Gasteiger partial charge >= 0.3 is 0 Å². The van der Waals surface area contributed by atoms with Crippen LogP contribution in [0.1, 0.15) is 38.3 Å². The molecule has 1 aromatic heterocycles. The van der Waals surface area contributed by atoms with E-state index >= 15 is 0 Å². The second-order valence-electron chi connectivity index (χ2n) is 8.08. The minimum Gasteiger partial charge on any atom is -0.299 e. The van der Waals surface area contributed by atoms with Crippen LogP contribution in [0, 0.1) is 0 Å². The normalized spacial score (nSPS) is 22.5. The van der Waals surface area contributed by atoms with Crippen LogP contribution in [-0.2, 0) is 0 Å². The highest BCUT2D eigenvalue weighted by atomic mass is 32.2. The smallest absolute Gasteiger partial charge is 0.174 e. The number of aromatic nitrogens is 2. The first-order valence-electron chi connectivity index (χ1n) is 9.15. The van der Waals surface area contributed by atoms with E-state index in [1.807, 2.05) is 11.8 Å². The van der Waals surface area contributed by atoms with Crippen LogP contribution in [0.5, 0.6) is 0 Å². The maximum atomic E-state index is 4.93. The van der Waals surface area contributed by atoms with Crippen molar-refractivity contribution in [3.8, 4) is 0 Å². The van der Waals surface area contributed by atoms with Gasteiger partial charge in [0.05, 0.1) is 19.1 Å². The third kappa shape index (κ3) is 3.09. The van der Waals surface area contributed by atoms with E-state index in [-0.39, 0.29) is 6.17 Å². The quantitative estimate of drug-likeness (QED) is 0.754. The van der Waals surface area contributed by atoms with E-state index in [2.05, 4.69) is 59.9 Å². The lowest BCUT2D eigenvalue weighted by Crippen LogP contribution is -2.39.